The van der Waals surface area contributed by atoms with Gasteiger partial charge in [-0.2, -0.15) is 5.10 Å². The summed E-state index contributed by atoms with van der Waals surface area (Å²) >= 11 is 0. The maximum absolute atomic E-state index is 11.3. The number of nitrogen functional groups attached to an aromatic ring is 1. The Labute approximate surface area is 92.0 Å². The van der Waals surface area contributed by atoms with Gasteiger partial charge in [0.05, 0.1) is 12.6 Å². The highest BCUT2D eigenvalue weighted by Gasteiger charge is 2.13. The van der Waals surface area contributed by atoms with E-state index in [0.29, 0.717) is 11.1 Å². The molecule has 0 aliphatic carbocycles. The lowest BCUT2D eigenvalue weighted by Crippen LogP contribution is -2.02. The normalized spacial score (nSPS) is 9.67. The van der Waals surface area contributed by atoms with Crippen LogP contribution in [0.1, 0.15) is 10.5 Å². The minimum absolute atomic E-state index is 0. The van der Waals surface area contributed by atoms with Gasteiger partial charge in [-0.15, -0.1) is 12.4 Å². The van der Waals surface area contributed by atoms with Crippen molar-refractivity contribution in [2.45, 2.75) is 0 Å². The number of methoxy groups -OCH3 is 1. The van der Waals surface area contributed by atoms with E-state index in [2.05, 4.69) is 14.9 Å². The SMILES string of the molecule is COC(=O)c1n[nH]c2ccc(N)cc12.Cl. The van der Waals surface area contributed by atoms with E-state index in [0.717, 1.165) is 5.52 Å². The van der Waals surface area contributed by atoms with Crippen LogP contribution in [0, 0.1) is 0 Å². The van der Waals surface area contributed by atoms with Crippen LogP contribution in [0.3, 0.4) is 0 Å². The molecule has 3 N–H and O–H groups in total. The zero-order valence-electron chi connectivity index (χ0n) is 7.98. The Balaban J connectivity index is 0.00000112. The number of fused-ring (bicyclic) bond motifs is 1. The first-order valence-corrected chi connectivity index (χ1v) is 4.04. The van der Waals surface area contributed by atoms with E-state index in [4.69, 9.17) is 5.73 Å². The van der Waals surface area contributed by atoms with Crippen LogP contribution in [0.15, 0.2) is 18.2 Å². The minimum Gasteiger partial charge on any atom is -0.464 e. The molecule has 0 aliphatic rings. The summed E-state index contributed by atoms with van der Waals surface area (Å²) < 4.78 is 4.58. The fraction of sp³-hybridized carbons (Fsp3) is 0.111. The molecule has 80 valence electrons. The number of ether oxygens (including phenoxy) is 1. The van der Waals surface area contributed by atoms with Crippen LogP contribution in [0.2, 0.25) is 0 Å². The molecule has 0 radical (unpaired) electrons. The molecule has 0 fully saturated rings. The van der Waals surface area contributed by atoms with E-state index < -0.39 is 5.97 Å². The van der Waals surface area contributed by atoms with Crippen LogP contribution in [-0.4, -0.2) is 23.3 Å². The molecular formula is C9H10ClN3O2. The molecule has 6 heteroatoms. The van der Waals surface area contributed by atoms with Gasteiger partial charge in [0.25, 0.3) is 0 Å². The van der Waals surface area contributed by atoms with Crippen LogP contribution < -0.4 is 5.73 Å². The average molecular weight is 228 g/mol. The third-order valence-electron chi connectivity index (χ3n) is 1.97. The van der Waals surface area contributed by atoms with Crippen molar-refractivity contribution in [1.29, 1.82) is 0 Å². The minimum atomic E-state index is -0.471. The molecule has 2 aromatic rings. The lowest BCUT2D eigenvalue weighted by Gasteiger charge is -1.95. The predicted octanol–water partition coefficient (Wildman–Crippen LogP) is 1.35. The van der Waals surface area contributed by atoms with E-state index in [9.17, 15) is 4.79 Å². The molecule has 0 atom stereocenters. The summed E-state index contributed by atoms with van der Waals surface area (Å²) in [7, 11) is 1.31. The van der Waals surface area contributed by atoms with Crippen molar-refractivity contribution >= 4 is 35.0 Å². The van der Waals surface area contributed by atoms with E-state index in [1.165, 1.54) is 7.11 Å². The lowest BCUT2D eigenvalue weighted by atomic mass is 10.2. The fourth-order valence-corrected chi connectivity index (χ4v) is 1.28. The molecular weight excluding hydrogens is 218 g/mol. The zero-order chi connectivity index (χ0) is 10.1. The number of aromatic nitrogens is 2. The molecule has 2 rings (SSSR count). The van der Waals surface area contributed by atoms with Gasteiger partial charge < -0.3 is 10.5 Å². The second-order valence-corrected chi connectivity index (χ2v) is 2.87. The lowest BCUT2D eigenvalue weighted by molar-refractivity contribution is 0.0596. The number of halogens is 1. The van der Waals surface area contributed by atoms with E-state index in [1.54, 1.807) is 18.2 Å². The first kappa shape index (κ1) is 11.3. The van der Waals surface area contributed by atoms with Crippen molar-refractivity contribution in [1.82, 2.24) is 10.2 Å². The van der Waals surface area contributed by atoms with Crippen molar-refractivity contribution in [2.75, 3.05) is 12.8 Å². The van der Waals surface area contributed by atoms with Crippen molar-refractivity contribution in [2.24, 2.45) is 0 Å². The predicted molar refractivity (Wildman–Crippen MR) is 59.1 cm³/mol. The Kier molecular flexibility index (Phi) is 3.16. The number of carbonyl (C=O) groups is 1. The molecule has 5 nitrogen and oxygen atoms in total. The molecule has 0 aliphatic heterocycles. The van der Waals surface area contributed by atoms with E-state index >= 15 is 0 Å². The van der Waals surface area contributed by atoms with Crippen LogP contribution in [0.5, 0.6) is 0 Å². The highest BCUT2D eigenvalue weighted by atomic mass is 35.5. The fourth-order valence-electron chi connectivity index (χ4n) is 1.28. The number of H-pyrrole nitrogens is 1. The highest BCUT2D eigenvalue weighted by Crippen LogP contribution is 2.19. The average Bonchev–Trinajstić information content (AvgIpc) is 2.59. The summed E-state index contributed by atoms with van der Waals surface area (Å²) in [6, 6.07) is 5.19. The number of rotatable bonds is 1. The number of nitrogens with two attached hydrogens (primary N) is 1. The zero-order valence-corrected chi connectivity index (χ0v) is 8.80. The number of hydrogen-bond acceptors (Lipinski definition) is 4. The van der Waals surface area contributed by atoms with Crippen molar-refractivity contribution < 1.29 is 9.53 Å². The highest BCUT2D eigenvalue weighted by molar-refractivity contribution is 6.02. The van der Waals surface area contributed by atoms with Gasteiger partial charge >= 0.3 is 5.97 Å². The van der Waals surface area contributed by atoms with Crippen LogP contribution in [0.25, 0.3) is 10.9 Å². The first-order chi connectivity index (χ1) is 6.72. The monoisotopic (exact) mass is 227 g/mol. The van der Waals surface area contributed by atoms with Crippen molar-refractivity contribution in [3.8, 4) is 0 Å². The number of aromatic amines is 1. The quantitative estimate of drug-likeness (QED) is 0.569. The smallest absolute Gasteiger partial charge is 0.359 e. The number of nitrogens with one attached hydrogen (secondary N) is 1. The Morgan fingerprint density at radius 1 is 1.53 bits per heavy atom. The van der Waals surface area contributed by atoms with E-state index in [1.807, 2.05) is 0 Å². The summed E-state index contributed by atoms with van der Waals surface area (Å²) in [6.45, 7) is 0. The van der Waals surface area contributed by atoms with Crippen molar-refractivity contribution in [3.05, 3.63) is 23.9 Å². The number of carbonyl (C=O) groups excluding carboxylic acids is 1. The molecule has 1 aromatic heterocycles. The molecule has 0 bridgehead atoms. The summed E-state index contributed by atoms with van der Waals surface area (Å²) in [6.07, 6.45) is 0. The molecule has 0 spiro atoms. The van der Waals surface area contributed by atoms with Gasteiger partial charge in [-0.3, -0.25) is 5.10 Å². The number of anilines is 1. The van der Waals surface area contributed by atoms with Gasteiger partial charge in [-0.25, -0.2) is 4.79 Å². The Morgan fingerprint density at radius 3 is 2.93 bits per heavy atom. The Hall–Kier alpha value is -1.75. The number of nitrogens with zero attached hydrogens (tertiary/aromatic N) is 1. The summed E-state index contributed by atoms with van der Waals surface area (Å²) in [5.74, 6) is -0.471. The third kappa shape index (κ3) is 1.87. The molecule has 0 saturated heterocycles. The standard InChI is InChI=1S/C9H9N3O2.ClH/c1-14-9(13)8-6-4-5(10)2-3-7(6)11-12-8;/h2-4H,10H2,1H3,(H,11,12);1H. The van der Waals surface area contributed by atoms with Crippen LogP contribution in [0.4, 0.5) is 5.69 Å². The van der Waals surface area contributed by atoms with Crippen molar-refractivity contribution in [3.63, 3.8) is 0 Å². The molecule has 0 unspecified atom stereocenters. The van der Waals surface area contributed by atoms with Crippen LogP contribution >= 0.6 is 12.4 Å². The van der Waals surface area contributed by atoms with Gasteiger partial charge in [0.15, 0.2) is 5.69 Å². The largest absolute Gasteiger partial charge is 0.464 e. The number of esters is 1. The van der Waals surface area contributed by atoms with E-state index in [-0.39, 0.29) is 18.1 Å². The van der Waals surface area contributed by atoms with Gasteiger partial charge in [-0.1, -0.05) is 0 Å². The second-order valence-electron chi connectivity index (χ2n) is 2.87. The number of benzene rings is 1. The molecule has 15 heavy (non-hydrogen) atoms. The number of hydrogen-bond donors (Lipinski definition) is 2. The molecule has 0 saturated carbocycles. The summed E-state index contributed by atoms with van der Waals surface area (Å²) in [5, 5.41) is 7.25. The van der Waals surface area contributed by atoms with Gasteiger partial charge in [0.1, 0.15) is 0 Å². The second kappa shape index (κ2) is 4.18. The third-order valence-corrected chi connectivity index (χ3v) is 1.97. The molecule has 1 aromatic carbocycles. The Morgan fingerprint density at radius 2 is 2.27 bits per heavy atom. The maximum Gasteiger partial charge on any atom is 0.359 e. The maximum atomic E-state index is 11.3. The van der Waals surface area contributed by atoms with Gasteiger partial charge in [0.2, 0.25) is 0 Å². The molecule has 1 heterocycles. The first-order valence-electron chi connectivity index (χ1n) is 4.04. The van der Waals surface area contributed by atoms with Gasteiger partial charge in [-0.05, 0) is 18.2 Å². The topological polar surface area (TPSA) is 81.0 Å². The molecule has 0 amide bonds. The van der Waals surface area contributed by atoms with Gasteiger partial charge in [0, 0.05) is 11.1 Å². The Bertz CT molecular complexity index is 495. The summed E-state index contributed by atoms with van der Waals surface area (Å²) in [4.78, 5) is 11.3. The van der Waals surface area contributed by atoms with Crippen LogP contribution in [-0.2, 0) is 4.74 Å². The summed E-state index contributed by atoms with van der Waals surface area (Å²) in [5.41, 5.74) is 7.21.